The van der Waals surface area contributed by atoms with Gasteiger partial charge in [0.2, 0.25) is 5.91 Å². The van der Waals surface area contributed by atoms with Gasteiger partial charge in [-0.2, -0.15) is 5.26 Å². The number of carbonyl (C=O) groups excluding carboxylic acids is 1. The van der Waals surface area contributed by atoms with E-state index in [1.54, 1.807) is 18.6 Å². The predicted octanol–water partition coefficient (Wildman–Crippen LogP) is 6.33. The van der Waals surface area contributed by atoms with E-state index in [1.807, 2.05) is 38.1 Å². The SMILES string of the molecule is Cc1ccc(-c2cccc(C(C)(C)C#N)c2)cc1-c1cncc(-c2ccnc(NC(=O)C3CC3)c2)n1. The molecule has 1 N–H and O–H groups in total. The molecule has 0 aliphatic heterocycles. The highest BCUT2D eigenvalue weighted by Crippen LogP contribution is 2.33. The topological polar surface area (TPSA) is 91.6 Å². The van der Waals surface area contributed by atoms with Crippen LogP contribution in [0.3, 0.4) is 0 Å². The highest BCUT2D eigenvalue weighted by atomic mass is 16.2. The summed E-state index contributed by atoms with van der Waals surface area (Å²) in [5, 5.41) is 12.5. The Morgan fingerprint density at radius 3 is 2.56 bits per heavy atom. The molecule has 6 nitrogen and oxygen atoms in total. The van der Waals surface area contributed by atoms with Crippen molar-refractivity contribution in [2.45, 2.75) is 39.0 Å². The van der Waals surface area contributed by atoms with Crippen molar-refractivity contribution in [1.29, 1.82) is 5.26 Å². The zero-order chi connectivity index (χ0) is 25.3. The van der Waals surface area contributed by atoms with Crippen molar-refractivity contribution in [2.24, 2.45) is 5.92 Å². The van der Waals surface area contributed by atoms with Crippen LogP contribution in [0, 0.1) is 24.2 Å². The molecule has 0 bridgehead atoms. The molecule has 2 heterocycles. The fraction of sp³-hybridized carbons (Fsp3) is 0.233. The maximum absolute atomic E-state index is 12.1. The van der Waals surface area contributed by atoms with Gasteiger partial charge < -0.3 is 5.32 Å². The van der Waals surface area contributed by atoms with Gasteiger partial charge in [-0.3, -0.25) is 9.78 Å². The van der Waals surface area contributed by atoms with E-state index >= 15 is 0 Å². The van der Waals surface area contributed by atoms with Gasteiger partial charge in [-0.15, -0.1) is 0 Å². The Kier molecular flexibility index (Phi) is 6.07. The van der Waals surface area contributed by atoms with Crippen LogP contribution >= 0.6 is 0 Å². The van der Waals surface area contributed by atoms with E-state index in [-0.39, 0.29) is 11.8 Å². The Morgan fingerprint density at radius 2 is 1.78 bits per heavy atom. The third-order valence-corrected chi connectivity index (χ3v) is 6.60. The van der Waals surface area contributed by atoms with Gasteiger partial charge in [0.15, 0.2) is 0 Å². The molecular weight excluding hydrogens is 446 g/mol. The number of anilines is 1. The Labute approximate surface area is 211 Å². The third kappa shape index (κ3) is 4.87. The molecule has 0 radical (unpaired) electrons. The van der Waals surface area contributed by atoms with Gasteiger partial charge in [0, 0.05) is 23.2 Å². The number of aryl methyl sites for hydroxylation is 1. The number of hydrogen-bond donors (Lipinski definition) is 1. The molecule has 0 unspecified atom stereocenters. The lowest BCUT2D eigenvalue weighted by Crippen LogP contribution is -2.14. The summed E-state index contributed by atoms with van der Waals surface area (Å²) in [6.45, 7) is 5.91. The van der Waals surface area contributed by atoms with Crippen molar-refractivity contribution in [2.75, 3.05) is 5.32 Å². The van der Waals surface area contributed by atoms with Gasteiger partial charge in [0.1, 0.15) is 5.82 Å². The van der Waals surface area contributed by atoms with Gasteiger partial charge in [-0.05, 0) is 80.1 Å². The van der Waals surface area contributed by atoms with Crippen LogP contribution in [0.5, 0.6) is 0 Å². The van der Waals surface area contributed by atoms with Crippen LogP contribution in [0.4, 0.5) is 5.82 Å². The Bertz CT molecular complexity index is 1500. The minimum atomic E-state index is -0.565. The molecule has 5 rings (SSSR count). The Balaban J connectivity index is 1.48. The van der Waals surface area contributed by atoms with Crippen LogP contribution in [0.15, 0.2) is 73.2 Å². The molecule has 6 heteroatoms. The second-order valence-electron chi connectivity index (χ2n) is 9.83. The normalized spacial score (nSPS) is 13.2. The molecule has 4 aromatic rings. The lowest BCUT2D eigenvalue weighted by Gasteiger charge is -2.17. The number of benzene rings is 2. The van der Waals surface area contributed by atoms with E-state index < -0.39 is 5.41 Å². The first kappa shape index (κ1) is 23.4. The largest absolute Gasteiger partial charge is 0.310 e. The van der Waals surface area contributed by atoms with Crippen LogP contribution in [0.1, 0.15) is 37.8 Å². The third-order valence-electron chi connectivity index (χ3n) is 6.60. The first-order chi connectivity index (χ1) is 17.3. The molecule has 1 aliphatic rings. The summed E-state index contributed by atoms with van der Waals surface area (Å²) in [4.78, 5) is 25.8. The Morgan fingerprint density at radius 1 is 1.00 bits per heavy atom. The zero-order valence-electron chi connectivity index (χ0n) is 20.6. The lowest BCUT2D eigenvalue weighted by molar-refractivity contribution is -0.117. The molecule has 0 spiro atoms. The van der Waals surface area contributed by atoms with Crippen molar-refractivity contribution >= 4 is 11.7 Å². The summed E-state index contributed by atoms with van der Waals surface area (Å²) in [7, 11) is 0. The molecule has 0 atom stereocenters. The molecule has 1 saturated carbocycles. The van der Waals surface area contributed by atoms with Crippen molar-refractivity contribution in [3.8, 4) is 39.7 Å². The fourth-order valence-electron chi connectivity index (χ4n) is 4.10. The maximum Gasteiger partial charge on any atom is 0.228 e. The number of rotatable bonds is 6. The van der Waals surface area contributed by atoms with E-state index in [2.05, 4.69) is 58.6 Å². The Hall–Kier alpha value is -4.37. The van der Waals surface area contributed by atoms with Gasteiger partial charge in [-0.1, -0.05) is 30.3 Å². The minimum Gasteiger partial charge on any atom is -0.310 e. The van der Waals surface area contributed by atoms with Crippen LogP contribution in [-0.4, -0.2) is 20.9 Å². The predicted molar refractivity (Wildman–Crippen MR) is 141 cm³/mol. The van der Waals surface area contributed by atoms with Crippen molar-refractivity contribution < 1.29 is 4.79 Å². The average Bonchev–Trinajstić information content (AvgIpc) is 3.75. The van der Waals surface area contributed by atoms with Crippen LogP contribution in [-0.2, 0) is 10.2 Å². The molecule has 36 heavy (non-hydrogen) atoms. The summed E-state index contributed by atoms with van der Waals surface area (Å²) < 4.78 is 0. The highest BCUT2D eigenvalue weighted by molar-refractivity contribution is 5.93. The molecule has 178 valence electrons. The van der Waals surface area contributed by atoms with Gasteiger partial charge in [-0.25, -0.2) is 9.97 Å². The van der Waals surface area contributed by atoms with Crippen molar-refractivity contribution in [1.82, 2.24) is 15.0 Å². The number of nitrogens with one attached hydrogen (secondary N) is 1. The van der Waals surface area contributed by atoms with Crippen molar-refractivity contribution in [3.05, 3.63) is 84.3 Å². The van der Waals surface area contributed by atoms with Gasteiger partial charge in [0.25, 0.3) is 0 Å². The van der Waals surface area contributed by atoms with Gasteiger partial charge in [0.05, 0.1) is 35.3 Å². The van der Waals surface area contributed by atoms with Crippen molar-refractivity contribution in [3.63, 3.8) is 0 Å². The number of nitrogens with zero attached hydrogens (tertiary/aromatic N) is 4. The monoisotopic (exact) mass is 473 g/mol. The van der Waals surface area contributed by atoms with Crippen LogP contribution < -0.4 is 5.32 Å². The molecule has 1 amide bonds. The van der Waals surface area contributed by atoms with E-state index in [9.17, 15) is 10.1 Å². The number of hydrogen-bond acceptors (Lipinski definition) is 5. The number of pyridine rings is 1. The first-order valence-electron chi connectivity index (χ1n) is 12.1. The fourth-order valence-corrected chi connectivity index (χ4v) is 4.10. The standard InChI is InChI=1S/C30H27N5O/c1-19-7-8-22(21-5-4-6-24(13-21)30(2,3)18-31)14-25(19)27-17-32-16-26(34-27)23-11-12-33-28(15-23)35-29(36)20-9-10-20/h4-8,11-17,20H,9-10H2,1-3H3,(H,33,35,36). The van der Waals surface area contributed by atoms with E-state index in [0.717, 1.165) is 51.9 Å². The number of amides is 1. The second kappa shape index (κ2) is 9.35. The first-order valence-corrected chi connectivity index (χ1v) is 12.1. The van der Waals surface area contributed by atoms with Gasteiger partial charge >= 0.3 is 0 Å². The maximum atomic E-state index is 12.1. The summed E-state index contributed by atoms with van der Waals surface area (Å²) >= 11 is 0. The molecule has 0 saturated heterocycles. The number of aromatic nitrogens is 3. The summed E-state index contributed by atoms with van der Waals surface area (Å²) in [5.41, 5.74) is 6.90. The van der Waals surface area contributed by atoms with E-state index in [0.29, 0.717) is 11.5 Å². The summed E-state index contributed by atoms with van der Waals surface area (Å²) in [6.07, 6.45) is 7.04. The molecule has 1 aliphatic carbocycles. The van der Waals surface area contributed by atoms with Crippen LogP contribution in [0.2, 0.25) is 0 Å². The number of nitriles is 1. The highest BCUT2D eigenvalue weighted by Gasteiger charge is 2.29. The molecule has 2 aromatic carbocycles. The second-order valence-corrected chi connectivity index (χ2v) is 9.83. The average molecular weight is 474 g/mol. The molecule has 2 aromatic heterocycles. The quantitative estimate of drug-likeness (QED) is 0.353. The molecular formula is C30H27N5O. The van der Waals surface area contributed by atoms with Crippen LogP contribution in [0.25, 0.3) is 33.6 Å². The summed E-state index contributed by atoms with van der Waals surface area (Å²) in [6, 6.07) is 20.5. The zero-order valence-corrected chi connectivity index (χ0v) is 20.6. The lowest BCUT2D eigenvalue weighted by atomic mass is 9.84. The molecule has 1 fully saturated rings. The number of carbonyl (C=O) groups is 1. The van der Waals surface area contributed by atoms with E-state index in [4.69, 9.17) is 4.98 Å². The minimum absolute atomic E-state index is 0.0224. The van der Waals surface area contributed by atoms with E-state index in [1.165, 1.54) is 0 Å². The summed E-state index contributed by atoms with van der Waals surface area (Å²) in [5.74, 6) is 0.657. The smallest absolute Gasteiger partial charge is 0.228 e.